The minimum Gasteiger partial charge on any atom is -0.322 e. The first kappa shape index (κ1) is 21.9. The van der Waals surface area contributed by atoms with Gasteiger partial charge in [-0.1, -0.05) is 11.6 Å². The number of benzene rings is 2. The standard InChI is InChI=1S/C20H20ClFN4O3S/c1-12(2)25-30(28,29)17-10-6-15(7-11-17)23-20(27)18-13(3)24-26(19(18)21)16-8-4-14(22)5-9-16/h4-12,25H,1-3H3,(H,23,27). The number of nitrogens with one attached hydrogen (secondary N) is 2. The van der Waals surface area contributed by atoms with E-state index in [1.54, 1.807) is 20.8 Å². The van der Waals surface area contributed by atoms with Crippen LogP contribution in [0.15, 0.2) is 53.4 Å². The molecule has 0 atom stereocenters. The average Bonchev–Trinajstić information content (AvgIpc) is 2.96. The lowest BCUT2D eigenvalue weighted by Gasteiger charge is -2.10. The van der Waals surface area contributed by atoms with Gasteiger partial charge in [-0.2, -0.15) is 5.10 Å². The van der Waals surface area contributed by atoms with Crippen molar-refractivity contribution in [2.24, 2.45) is 0 Å². The number of sulfonamides is 1. The van der Waals surface area contributed by atoms with Gasteiger partial charge in [-0.25, -0.2) is 22.2 Å². The third kappa shape index (κ3) is 4.69. The maximum Gasteiger partial charge on any atom is 0.260 e. The van der Waals surface area contributed by atoms with E-state index in [1.165, 1.54) is 53.2 Å². The van der Waals surface area contributed by atoms with Crippen LogP contribution in [-0.4, -0.2) is 30.1 Å². The number of aryl methyl sites for hydroxylation is 1. The molecule has 0 bridgehead atoms. The van der Waals surface area contributed by atoms with Crippen LogP contribution in [0.3, 0.4) is 0 Å². The normalized spacial score (nSPS) is 11.7. The zero-order valence-corrected chi connectivity index (χ0v) is 18.1. The van der Waals surface area contributed by atoms with Crippen molar-refractivity contribution in [1.29, 1.82) is 0 Å². The first-order chi connectivity index (χ1) is 14.1. The molecule has 3 rings (SSSR count). The van der Waals surface area contributed by atoms with Crippen LogP contribution in [0.4, 0.5) is 10.1 Å². The summed E-state index contributed by atoms with van der Waals surface area (Å²) in [5, 5.41) is 7.02. The summed E-state index contributed by atoms with van der Waals surface area (Å²) in [4.78, 5) is 12.8. The van der Waals surface area contributed by atoms with Gasteiger partial charge in [0.15, 0.2) is 0 Å². The number of anilines is 1. The lowest BCUT2D eigenvalue weighted by Crippen LogP contribution is -2.30. The highest BCUT2D eigenvalue weighted by Crippen LogP contribution is 2.25. The number of amides is 1. The SMILES string of the molecule is Cc1nn(-c2ccc(F)cc2)c(Cl)c1C(=O)Nc1ccc(S(=O)(=O)NC(C)C)cc1. The summed E-state index contributed by atoms with van der Waals surface area (Å²) in [6.45, 7) is 5.09. The van der Waals surface area contributed by atoms with Gasteiger partial charge in [-0.15, -0.1) is 0 Å². The molecule has 1 heterocycles. The Morgan fingerprint density at radius 3 is 2.27 bits per heavy atom. The summed E-state index contributed by atoms with van der Waals surface area (Å²) in [7, 11) is -3.62. The molecule has 2 N–H and O–H groups in total. The van der Waals surface area contributed by atoms with Crippen molar-refractivity contribution in [2.75, 3.05) is 5.32 Å². The van der Waals surface area contributed by atoms with Gasteiger partial charge < -0.3 is 5.32 Å². The Labute approximate surface area is 178 Å². The van der Waals surface area contributed by atoms with Crippen LogP contribution in [0, 0.1) is 12.7 Å². The van der Waals surface area contributed by atoms with Crippen LogP contribution in [0.5, 0.6) is 0 Å². The maximum atomic E-state index is 13.2. The van der Waals surface area contributed by atoms with Gasteiger partial charge in [0.2, 0.25) is 10.0 Å². The lowest BCUT2D eigenvalue weighted by atomic mass is 10.2. The predicted octanol–water partition coefficient (Wildman–Crippen LogP) is 3.91. The predicted molar refractivity (Wildman–Crippen MR) is 113 cm³/mol. The Morgan fingerprint density at radius 1 is 1.10 bits per heavy atom. The number of nitrogens with zero attached hydrogens (tertiary/aromatic N) is 2. The maximum absolute atomic E-state index is 13.2. The summed E-state index contributed by atoms with van der Waals surface area (Å²) in [5.41, 5.74) is 1.46. The van der Waals surface area contributed by atoms with Crippen molar-refractivity contribution in [3.8, 4) is 5.69 Å². The van der Waals surface area contributed by atoms with Crippen molar-refractivity contribution in [2.45, 2.75) is 31.7 Å². The molecule has 0 aliphatic rings. The van der Waals surface area contributed by atoms with E-state index >= 15 is 0 Å². The van der Waals surface area contributed by atoms with Crippen LogP contribution < -0.4 is 10.0 Å². The number of rotatable bonds is 6. The van der Waals surface area contributed by atoms with E-state index in [1.807, 2.05) is 0 Å². The number of carbonyl (C=O) groups is 1. The smallest absolute Gasteiger partial charge is 0.260 e. The third-order valence-corrected chi connectivity index (χ3v) is 6.14. The Balaban J connectivity index is 1.82. The fourth-order valence-electron chi connectivity index (χ4n) is 2.80. The molecule has 0 fully saturated rings. The first-order valence-electron chi connectivity index (χ1n) is 9.03. The molecule has 1 amide bonds. The molecule has 2 aromatic carbocycles. The molecule has 0 saturated carbocycles. The largest absolute Gasteiger partial charge is 0.322 e. The zero-order chi connectivity index (χ0) is 22.1. The molecule has 0 aliphatic heterocycles. The number of hydrogen-bond acceptors (Lipinski definition) is 4. The van der Waals surface area contributed by atoms with E-state index in [2.05, 4.69) is 15.1 Å². The Morgan fingerprint density at radius 2 is 1.70 bits per heavy atom. The van der Waals surface area contributed by atoms with Gasteiger partial charge in [0.05, 0.1) is 16.3 Å². The third-order valence-electron chi connectivity index (χ3n) is 4.12. The van der Waals surface area contributed by atoms with E-state index in [9.17, 15) is 17.6 Å². The van der Waals surface area contributed by atoms with Crippen LogP contribution >= 0.6 is 11.6 Å². The van der Waals surface area contributed by atoms with Gasteiger partial charge in [0, 0.05) is 11.7 Å². The molecule has 158 valence electrons. The van der Waals surface area contributed by atoms with Crippen molar-refractivity contribution >= 4 is 33.2 Å². The van der Waals surface area contributed by atoms with Crippen LogP contribution in [0.1, 0.15) is 29.9 Å². The van der Waals surface area contributed by atoms with E-state index in [4.69, 9.17) is 11.6 Å². The monoisotopic (exact) mass is 450 g/mol. The van der Waals surface area contributed by atoms with E-state index < -0.39 is 21.7 Å². The second-order valence-electron chi connectivity index (χ2n) is 6.89. The topological polar surface area (TPSA) is 93.1 Å². The summed E-state index contributed by atoms with van der Waals surface area (Å²) in [6.07, 6.45) is 0. The lowest BCUT2D eigenvalue weighted by molar-refractivity contribution is 0.102. The summed E-state index contributed by atoms with van der Waals surface area (Å²) in [5.74, 6) is -0.896. The van der Waals surface area contributed by atoms with Gasteiger partial charge in [-0.05, 0) is 69.3 Å². The first-order valence-corrected chi connectivity index (χ1v) is 10.9. The van der Waals surface area contributed by atoms with Crippen molar-refractivity contribution < 1.29 is 17.6 Å². The summed E-state index contributed by atoms with van der Waals surface area (Å²) < 4.78 is 41.4. The second kappa shape index (κ2) is 8.55. The molecule has 3 aromatic rings. The number of hydrogen-bond donors (Lipinski definition) is 2. The fourth-order valence-corrected chi connectivity index (χ4v) is 4.41. The average molecular weight is 451 g/mol. The molecular weight excluding hydrogens is 431 g/mol. The van der Waals surface area contributed by atoms with Gasteiger partial charge in [0.25, 0.3) is 5.91 Å². The van der Waals surface area contributed by atoms with Crippen LogP contribution in [0.2, 0.25) is 5.15 Å². The molecular formula is C20H20ClFN4O3S. The Hall–Kier alpha value is -2.75. The van der Waals surface area contributed by atoms with E-state index in [-0.39, 0.29) is 21.7 Å². The summed E-state index contributed by atoms with van der Waals surface area (Å²) in [6, 6.07) is 11.1. The van der Waals surface area contributed by atoms with Gasteiger partial charge in [0.1, 0.15) is 16.5 Å². The van der Waals surface area contributed by atoms with Gasteiger partial charge in [-0.3, -0.25) is 4.79 Å². The molecule has 0 unspecified atom stereocenters. The Bertz CT molecular complexity index is 1170. The quantitative estimate of drug-likeness (QED) is 0.595. The molecule has 0 spiro atoms. The molecule has 30 heavy (non-hydrogen) atoms. The minimum atomic E-state index is -3.62. The summed E-state index contributed by atoms with van der Waals surface area (Å²) >= 11 is 6.36. The number of carbonyl (C=O) groups excluding carboxylic acids is 1. The molecule has 0 radical (unpaired) electrons. The molecule has 0 aliphatic carbocycles. The van der Waals surface area contributed by atoms with Crippen molar-refractivity contribution in [3.63, 3.8) is 0 Å². The highest BCUT2D eigenvalue weighted by atomic mass is 35.5. The highest BCUT2D eigenvalue weighted by molar-refractivity contribution is 7.89. The zero-order valence-electron chi connectivity index (χ0n) is 16.5. The van der Waals surface area contributed by atoms with Crippen LogP contribution in [0.25, 0.3) is 5.69 Å². The van der Waals surface area contributed by atoms with Crippen molar-refractivity contribution in [3.05, 3.63) is 70.8 Å². The number of halogens is 2. The molecule has 10 heteroatoms. The highest BCUT2D eigenvalue weighted by Gasteiger charge is 2.22. The van der Waals surface area contributed by atoms with E-state index in [0.717, 1.165) is 0 Å². The fraction of sp³-hybridized carbons (Fsp3) is 0.200. The molecule has 7 nitrogen and oxygen atoms in total. The second-order valence-corrected chi connectivity index (χ2v) is 8.97. The van der Waals surface area contributed by atoms with Crippen molar-refractivity contribution in [1.82, 2.24) is 14.5 Å². The van der Waals surface area contributed by atoms with Gasteiger partial charge >= 0.3 is 0 Å². The Kier molecular flexibility index (Phi) is 6.25. The minimum absolute atomic E-state index is 0.0805. The van der Waals surface area contributed by atoms with E-state index in [0.29, 0.717) is 17.1 Å². The molecule has 0 saturated heterocycles. The van der Waals surface area contributed by atoms with Crippen LogP contribution in [-0.2, 0) is 10.0 Å². The molecule has 1 aromatic heterocycles. The number of aromatic nitrogens is 2.